The number of fused-ring (bicyclic) bond motifs is 1. The van der Waals surface area contributed by atoms with Gasteiger partial charge in [-0.25, -0.2) is 12.8 Å². The molecule has 0 amide bonds. The van der Waals surface area contributed by atoms with Crippen LogP contribution in [0.3, 0.4) is 0 Å². The number of ether oxygens (including phenoxy) is 1. The number of alkyl halides is 3. The van der Waals surface area contributed by atoms with E-state index in [9.17, 15) is 31.1 Å². The SMILES string of the molecule is CC(=Cc1ccc2c(c1)N(S(=O)(=O)c1cccc(C(F)(F)F)c1)C[C@H](CCCO)O2)c1c(F)cccc1Cl. The molecule has 0 saturated heterocycles. The Bertz CT molecular complexity index is 1450. The number of allylic oxidation sites excluding steroid dienone is 1. The molecule has 0 saturated carbocycles. The number of sulfonamides is 1. The van der Waals surface area contributed by atoms with Gasteiger partial charge in [0.2, 0.25) is 0 Å². The minimum absolute atomic E-state index is 0.129. The Morgan fingerprint density at radius 1 is 1.16 bits per heavy atom. The summed E-state index contributed by atoms with van der Waals surface area (Å²) < 4.78 is 88.7. The van der Waals surface area contributed by atoms with Gasteiger partial charge in [0.15, 0.2) is 0 Å². The smallest absolute Gasteiger partial charge is 0.416 e. The van der Waals surface area contributed by atoms with Gasteiger partial charge in [0, 0.05) is 12.2 Å². The summed E-state index contributed by atoms with van der Waals surface area (Å²) in [5.41, 5.74) is 0.225. The number of nitrogens with zero attached hydrogens (tertiary/aromatic N) is 1. The lowest BCUT2D eigenvalue weighted by molar-refractivity contribution is -0.137. The molecule has 1 atom stereocenters. The van der Waals surface area contributed by atoms with Crippen molar-refractivity contribution in [2.45, 2.75) is 36.9 Å². The van der Waals surface area contributed by atoms with Gasteiger partial charge in [-0.05, 0) is 73.4 Å². The minimum atomic E-state index is -4.72. The maximum atomic E-state index is 14.4. The molecule has 38 heavy (non-hydrogen) atoms. The van der Waals surface area contributed by atoms with E-state index < -0.39 is 38.6 Å². The molecule has 1 N–H and O–H groups in total. The highest BCUT2D eigenvalue weighted by Crippen LogP contribution is 2.40. The third-order valence-electron chi connectivity index (χ3n) is 6.09. The fourth-order valence-electron chi connectivity index (χ4n) is 4.27. The van der Waals surface area contributed by atoms with Crippen molar-refractivity contribution in [2.75, 3.05) is 17.5 Å². The van der Waals surface area contributed by atoms with Gasteiger partial charge in [-0.15, -0.1) is 0 Å². The number of hydrogen-bond donors (Lipinski definition) is 1. The topological polar surface area (TPSA) is 66.8 Å². The molecule has 3 aromatic rings. The van der Waals surface area contributed by atoms with Crippen LogP contribution in [0, 0.1) is 5.82 Å². The van der Waals surface area contributed by atoms with E-state index >= 15 is 0 Å². The molecule has 0 spiro atoms. The van der Waals surface area contributed by atoms with Crippen molar-refractivity contribution in [3.05, 3.63) is 88.2 Å². The van der Waals surface area contributed by atoms with E-state index in [-0.39, 0.29) is 35.2 Å². The van der Waals surface area contributed by atoms with Gasteiger partial charge in [-0.1, -0.05) is 35.9 Å². The maximum Gasteiger partial charge on any atom is 0.416 e. The van der Waals surface area contributed by atoms with Crippen molar-refractivity contribution in [1.82, 2.24) is 0 Å². The van der Waals surface area contributed by atoms with E-state index in [0.29, 0.717) is 30.0 Å². The summed E-state index contributed by atoms with van der Waals surface area (Å²) in [7, 11) is -4.44. The van der Waals surface area contributed by atoms with Gasteiger partial charge < -0.3 is 9.84 Å². The number of anilines is 1. The second kappa shape index (κ2) is 11.0. The largest absolute Gasteiger partial charge is 0.486 e. The molecule has 1 aliphatic rings. The molecule has 0 aromatic heterocycles. The summed E-state index contributed by atoms with van der Waals surface area (Å²) in [5, 5.41) is 9.43. The van der Waals surface area contributed by atoms with Crippen molar-refractivity contribution in [3.63, 3.8) is 0 Å². The average molecular weight is 570 g/mol. The normalized spacial score (nSPS) is 16.2. The molecule has 4 rings (SSSR count). The lowest BCUT2D eigenvalue weighted by Gasteiger charge is -2.36. The van der Waals surface area contributed by atoms with Crippen molar-refractivity contribution < 1.29 is 35.8 Å². The van der Waals surface area contributed by atoms with Gasteiger partial charge in [0.05, 0.1) is 27.7 Å². The van der Waals surface area contributed by atoms with Crippen molar-refractivity contribution in [2.24, 2.45) is 0 Å². The summed E-state index contributed by atoms with van der Waals surface area (Å²) in [6.45, 7) is 1.36. The van der Waals surface area contributed by atoms with Gasteiger partial charge in [0.25, 0.3) is 10.0 Å². The predicted molar refractivity (Wildman–Crippen MR) is 138 cm³/mol. The first-order chi connectivity index (χ1) is 17.9. The molecule has 0 bridgehead atoms. The standard InChI is InChI=1S/C27H24ClF4NO4S/c1-17(26-22(28)8-3-9-23(26)29)13-18-10-11-25-24(14-18)33(16-20(37-25)6-4-12-34)38(35,36)21-7-2-5-19(15-21)27(30,31)32/h2-3,5,7-11,13-15,20,34H,4,6,12,16H2,1H3/t20-/m0/s1. The molecule has 5 nitrogen and oxygen atoms in total. The first-order valence-electron chi connectivity index (χ1n) is 11.7. The highest BCUT2D eigenvalue weighted by atomic mass is 35.5. The molecule has 0 radical (unpaired) electrons. The minimum Gasteiger partial charge on any atom is -0.486 e. The molecular weight excluding hydrogens is 546 g/mol. The molecule has 11 heteroatoms. The zero-order valence-electron chi connectivity index (χ0n) is 20.2. The van der Waals surface area contributed by atoms with Crippen LogP contribution in [0.4, 0.5) is 23.2 Å². The number of aliphatic hydroxyl groups excluding tert-OH is 1. The number of aliphatic hydroxyl groups is 1. The lowest BCUT2D eigenvalue weighted by Crippen LogP contribution is -2.43. The predicted octanol–water partition coefficient (Wildman–Crippen LogP) is 6.79. The molecule has 0 unspecified atom stereocenters. The van der Waals surface area contributed by atoms with Crippen LogP contribution in [-0.4, -0.2) is 32.8 Å². The zero-order valence-corrected chi connectivity index (χ0v) is 21.7. The Hall–Kier alpha value is -3.08. The first kappa shape index (κ1) is 27.9. The molecule has 202 valence electrons. The lowest BCUT2D eigenvalue weighted by atomic mass is 10.0. The van der Waals surface area contributed by atoms with Crippen LogP contribution in [0.25, 0.3) is 11.6 Å². The Labute approximate surface area is 223 Å². The van der Waals surface area contributed by atoms with E-state index in [1.165, 1.54) is 18.2 Å². The Morgan fingerprint density at radius 3 is 2.58 bits per heavy atom. The third kappa shape index (κ3) is 5.82. The second-order valence-corrected chi connectivity index (χ2v) is 11.1. The number of hydrogen-bond acceptors (Lipinski definition) is 4. The van der Waals surface area contributed by atoms with Crippen molar-refractivity contribution in [1.29, 1.82) is 0 Å². The van der Waals surface area contributed by atoms with Crippen LogP contribution in [0.1, 0.15) is 36.5 Å². The summed E-state index contributed by atoms with van der Waals surface area (Å²) in [5.74, 6) is -0.304. The Morgan fingerprint density at radius 2 is 1.89 bits per heavy atom. The van der Waals surface area contributed by atoms with E-state index in [4.69, 9.17) is 16.3 Å². The maximum absolute atomic E-state index is 14.4. The van der Waals surface area contributed by atoms with Gasteiger partial charge in [-0.2, -0.15) is 13.2 Å². The molecule has 0 fully saturated rings. The molecule has 3 aromatic carbocycles. The monoisotopic (exact) mass is 569 g/mol. The average Bonchev–Trinajstić information content (AvgIpc) is 2.86. The van der Waals surface area contributed by atoms with Crippen LogP contribution >= 0.6 is 11.6 Å². The summed E-state index contributed by atoms with van der Waals surface area (Å²) in [6.07, 6.45) is -3.05. The number of halogens is 5. The summed E-state index contributed by atoms with van der Waals surface area (Å²) in [4.78, 5) is -0.517. The third-order valence-corrected chi connectivity index (χ3v) is 8.18. The fourth-order valence-corrected chi connectivity index (χ4v) is 6.13. The number of benzene rings is 3. The quantitative estimate of drug-likeness (QED) is 0.251. The van der Waals surface area contributed by atoms with Crippen LogP contribution in [0.15, 0.2) is 65.6 Å². The van der Waals surface area contributed by atoms with Crippen LogP contribution in [0.2, 0.25) is 5.02 Å². The molecule has 1 heterocycles. The van der Waals surface area contributed by atoms with E-state index in [1.807, 2.05) is 0 Å². The fraction of sp³-hybridized carbons (Fsp3) is 0.259. The highest BCUT2D eigenvalue weighted by molar-refractivity contribution is 7.92. The van der Waals surface area contributed by atoms with Crippen LogP contribution < -0.4 is 9.04 Å². The molecule has 0 aliphatic carbocycles. The van der Waals surface area contributed by atoms with Gasteiger partial charge >= 0.3 is 6.18 Å². The molecular formula is C27H24ClF4NO4S. The van der Waals surface area contributed by atoms with Crippen molar-refractivity contribution >= 4 is 39.0 Å². The summed E-state index contributed by atoms with van der Waals surface area (Å²) >= 11 is 6.17. The Kier molecular flexibility index (Phi) is 8.06. The van der Waals surface area contributed by atoms with Crippen LogP contribution in [0.5, 0.6) is 5.75 Å². The number of rotatable bonds is 7. The van der Waals surface area contributed by atoms with Crippen molar-refractivity contribution in [3.8, 4) is 5.75 Å². The highest BCUT2D eigenvalue weighted by Gasteiger charge is 2.37. The van der Waals surface area contributed by atoms with Gasteiger partial charge in [0.1, 0.15) is 17.7 Å². The zero-order chi connectivity index (χ0) is 27.7. The molecule has 1 aliphatic heterocycles. The summed E-state index contributed by atoms with van der Waals surface area (Å²) in [6, 6.07) is 12.6. The Balaban J connectivity index is 1.80. The van der Waals surface area contributed by atoms with E-state index in [2.05, 4.69) is 0 Å². The first-order valence-corrected chi connectivity index (χ1v) is 13.5. The van der Waals surface area contributed by atoms with E-state index in [0.717, 1.165) is 22.5 Å². The second-order valence-electron chi connectivity index (χ2n) is 8.82. The van der Waals surface area contributed by atoms with Gasteiger partial charge in [-0.3, -0.25) is 4.31 Å². The van der Waals surface area contributed by atoms with E-state index in [1.54, 1.807) is 31.2 Å². The van der Waals surface area contributed by atoms with Crippen LogP contribution in [-0.2, 0) is 16.2 Å².